The number of nitrogens with zero attached hydrogens (tertiary/aromatic N) is 1. The highest BCUT2D eigenvalue weighted by molar-refractivity contribution is 7.88. The van der Waals surface area contributed by atoms with E-state index in [0.29, 0.717) is 5.69 Å². The third-order valence-electron chi connectivity index (χ3n) is 4.24. The summed E-state index contributed by atoms with van der Waals surface area (Å²) in [6, 6.07) is 7.48. The van der Waals surface area contributed by atoms with E-state index < -0.39 is 10.0 Å². The molecule has 3 rings (SSSR count). The minimum absolute atomic E-state index is 0.182. The van der Waals surface area contributed by atoms with Crippen molar-refractivity contribution in [3.05, 3.63) is 52.9 Å². The van der Waals surface area contributed by atoms with Crippen LogP contribution in [0.3, 0.4) is 0 Å². The molecule has 0 amide bonds. The van der Waals surface area contributed by atoms with Gasteiger partial charge in [-0.15, -0.1) is 0 Å². The van der Waals surface area contributed by atoms with Gasteiger partial charge in [-0.2, -0.15) is 0 Å². The fourth-order valence-electron chi connectivity index (χ4n) is 2.99. The lowest BCUT2D eigenvalue weighted by molar-refractivity contribution is 0.0627. The molecule has 1 aliphatic carbocycles. The molecule has 1 heterocycles. The lowest BCUT2D eigenvalue weighted by atomic mass is 9.86. The monoisotopic (exact) mass is 336 g/mol. The first-order chi connectivity index (χ1) is 11.0. The number of benzene rings is 1. The van der Waals surface area contributed by atoms with Crippen molar-refractivity contribution in [1.82, 2.24) is 9.88 Å². The molecule has 23 heavy (non-hydrogen) atoms. The van der Waals surface area contributed by atoms with Crippen LogP contribution in [0.4, 0.5) is 0 Å². The molecular formula is C16H20N2O4S. The van der Waals surface area contributed by atoms with Gasteiger partial charge in [0.2, 0.25) is 10.0 Å². The van der Waals surface area contributed by atoms with Gasteiger partial charge >= 0.3 is 0 Å². The van der Waals surface area contributed by atoms with Crippen molar-refractivity contribution in [3.63, 3.8) is 0 Å². The molecular weight excluding hydrogens is 316 g/mol. The van der Waals surface area contributed by atoms with Crippen LogP contribution in [0, 0.1) is 6.92 Å². The second-order valence-corrected chi connectivity index (χ2v) is 7.56. The van der Waals surface area contributed by atoms with Gasteiger partial charge in [0.15, 0.2) is 0 Å². The molecule has 1 N–H and O–H groups in total. The van der Waals surface area contributed by atoms with Crippen LogP contribution in [-0.2, 0) is 26.9 Å². The summed E-state index contributed by atoms with van der Waals surface area (Å²) in [5, 5.41) is 3.75. The van der Waals surface area contributed by atoms with Crippen LogP contribution >= 0.6 is 0 Å². The topological polar surface area (TPSA) is 81.4 Å². The van der Waals surface area contributed by atoms with E-state index in [2.05, 4.69) is 9.88 Å². The van der Waals surface area contributed by atoms with E-state index in [1.54, 1.807) is 14.0 Å². The molecule has 1 aliphatic rings. The number of aromatic nitrogens is 1. The van der Waals surface area contributed by atoms with Crippen LogP contribution < -0.4 is 4.72 Å². The van der Waals surface area contributed by atoms with E-state index in [4.69, 9.17) is 9.26 Å². The molecule has 6 nitrogen and oxygen atoms in total. The Hall–Kier alpha value is -1.70. The zero-order valence-electron chi connectivity index (χ0n) is 13.2. The number of aryl methyl sites for hydroxylation is 2. The molecule has 124 valence electrons. The Morgan fingerprint density at radius 1 is 1.39 bits per heavy atom. The summed E-state index contributed by atoms with van der Waals surface area (Å²) in [6.07, 6.45) is 2.93. The Bertz CT molecular complexity index is 785. The molecule has 0 saturated carbocycles. The maximum absolute atomic E-state index is 12.5. The largest absolute Gasteiger partial charge is 0.379 e. The van der Waals surface area contributed by atoms with Gasteiger partial charge in [0.25, 0.3) is 0 Å². The minimum Gasteiger partial charge on any atom is -0.379 e. The molecule has 0 spiro atoms. The molecule has 1 aromatic carbocycles. The SMILES string of the molecule is CO[C@@H]1CCc2ccccc2[C@H]1NS(=O)(=O)Cc1nocc1C. The second-order valence-electron chi connectivity index (χ2n) is 5.81. The zero-order valence-corrected chi connectivity index (χ0v) is 14.0. The zero-order chi connectivity index (χ0) is 16.4. The van der Waals surface area contributed by atoms with Gasteiger partial charge in [0, 0.05) is 12.7 Å². The first kappa shape index (κ1) is 16.2. The summed E-state index contributed by atoms with van der Waals surface area (Å²) in [6.45, 7) is 1.77. The van der Waals surface area contributed by atoms with Gasteiger partial charge in [0.05, 0.1) is 12.1 Å². The number of methoxy groups -OCH3 is 1. The van der Waals surface area contributed by atoms with Crippen LogP contribution in [0.15, 0.2) is 35.1 Å². The van der Waals surface area contributed by atoms with E-state index in [1.807, 2.05) is 24.3 Å². The highest BCUT2D eigenvalue weighted by Gasteiger charge is 2.33. The van der Waals surface area contributed by atoms with Gasteiger partial charge in [-0.25, -0.2) is 13.1 Å². The predicted molar refractivity (Wildman–Crippen MR) is 85.3 cm³/mol. The number of hydrogen-bond acceptors (Lipinski definition) is 5. The summed E-state index contributed by atoms with van der Waals surface area (Å²) >= 11 is 0. The average molecular weight is 336 g/mol. The first-order valence-corrected chi connectivity index (χ1v) is 9.16. The van der Waals surface area contributed by atoms with Crippen LogP contribution in [0.25, 0.3) is 0 Å². The Kier molecular flexibility index (Phi) is 4.52. The molecule has 0 fully saturated rings. The van der Waals surface area contributed by atoms with Crippen LogP contribution in [-0.4, -0.2) is 26.8 Å². The summed E-state index contributed by atoms with van der Waals surface area (Å²) in [7, 11) is -1.95. The Labute approximate surface area is 135 Å². The van der Waals surface area contributed by atoms with Gasteiger partial charge in [0.1, 0.15) is 17.7 Å². The van der Waals surface area contributed by atoms with Crippen molar-refractivity contribution in [2.24, 2.45) is 0 Å². The predicted octanol–water partition coefficient (Wildman–Crippen LogP) is 2.10. The van der Waals surface area contributed by atoms with E-state index in [-0.39, 0.29) is 17.9 Å². The number of hydrogen-bond donors (Lipinski definition) is 1. The molecule has 0 saturated heterocycles. The smallest absolute Gasteiger partial charge is 0.218 e. The van der Waals surface area contributed by atoms with Crippen molar-refractivity contribution in [3.8, 4) is 0 Å². The van der Waals surface area contributed by atoms with Crippen LogP contribution in [0.1, 0.15) is 34.8 Å². The normalized spacial score (nSPS) is 21.1. The highest BCUT2D eigenvalue weighted by Crippen LogP contribution is 2.32. The first-order valence-electron chi connectivity index (χ1n) is 7.50. The van der Waals surface area contributed by atoms with Crippen molar-refractivity contribution in [2.45, 2.75) is 37.7 Å². The minimum atomic E-state index is -3.56. The second kappa shape index (κ2) is 6.43. The summed E-state index contributed by atoms with van der Waals surface area (Å²) < 4.78 is 38.2. The van der Waals surface area contributed by atoms with Gasteiger partial charge in [-0.1, -0.05) is 29.4 Å². The number of sulfonamides is 1. The van der Waals surface area contributed by atoms with Gasteiger partial charge in [-0.3, -0.25) is 0 Å². The highest BCUT2D eigenvalue weighted by atomic mass is 32.2. The van der Waals surface area contributed by atoms with Crippen molar-refractivity contribution >= 4 is 10.0 Å². The molecule has 0 bridgehead atoms. The van der Waals surface area contributed by atoms with E-state index in [0.717, 1.165) is 29.5 Å². The fraction of sp³-hybridized carbons (Fsp3) is 0.438. The van der Waals surface area contributed by atoms with E-state index in [9.17, 15) is 8.42 Å². The van der Waals surface area contributed by atoms with Crippen molar-refractivity contribution in [1.29, 1.82) is 0 Å². The fourth-order valence-corrected chi connectivity index (χ4v) is 4.38. The van der Waals surface area contributed by atoms with E-state index >= 15 is 0 Å². The Balaban J connectivity index is 1.86. The Morgan fingerprint density at radius 3 is 2.87 bits per heavy atom. The number of rotatable bonds is 5. The van der Waals surface area contributed by atoms with Crippen molar-refractivity contribution in [2.75, 3.05) is 7.11 Å². The molecule has 0 aliphatic heterocycles. The van der Waals surface area contributed by atoms with E-state index in [1.165, 1.54) is 6.26 Å². The lowest BCUT2D eigenvalue weighted by Gasteiger charge is -2.33. The number of fused-ring (bicyclic) bond motifs is 1. The lowest BCUT2D eigenvalue weighted by Crippen LogP contribution is -2.40. The maximum atomic E-state index is 12.5. The molecule has 0 unspecified atom stereocenters. The average Bonchev–Trinajstić information content (AvgIpc) is 2.92. The van der Waals surface area contributed by atoms with Crippen molar-refractivity contribution < 1.29 is 17.7 Å². The molecule has 7 heteroatoms. The van der Waals surface area contributed by atoms with Gasteiger partial charge < -0.3 is 9.26 Å². The quantitative estimate of drug-likeness (QED) is 0.904. The summed E-state index contributed by atoms with van der Waals surface area (Å²) in [4.78, 5) is 0. The summed E-state index contributed by atoms with van der Waals surface area (Å²) in [5.74, 6) is -0.204. The standard InChI is InChI=1S/C16H20N2O4S/c1-11-9-22-17-14(11)10-23(19,20)18-16-13-6-4-3-5-12(13)7-8-15(16)21-2/h3-6,9,15-16,18H,7-8,10H2,1-2H3/t15-,16-/m1/s1. The van der Waals surface area contributed by atoms with Gasteiger partial charge in [-0.05, 0) is 30.9 Å². The maximum Gasteiger partial charge on any atom is 0.218 e. The third kappa shape index (κ3) is 3.46. The third-order valence-corrected chi connectivity index (χ3v) is 5.51. The molecule has 2 atom stereocenters. The van der Waals surface area contributed by atoms with Crippen LogP contribution in [0.2, 0.25) is 0 Å². The molecule has 1 aromatic heterocycles. The van der Waals surface area contributed by atoms with Crippen LogP contribution in [0.5, 0.6) is 0 Å². The Morgan fingerprint density at radius 2 is 2.17 bits per heavy atom. The number of nitrogens with one attached hydrogen (secondary N) is 1. The molecule has 0 radical (unpaired) electrons. The molecule has 2 aromatic rings. The summed E-state index contributed by atoms with van der Waals surface area (Å²) in [5.41, 5.74) is 3.29. The number of ether oxygens (including phenoxy) is 1.